The average molecular weight is 289 g/mol. The summed E-state index contributed by atoms with van der Waals surface area (Å²) in [6.07, 6.45) is 13.5. The number of unbranched alkanes of at least 4 members (excludes halogenated alkanes) is 3. The smallest absolute Gasteiger partial charge is 0.112 e. The summed E-state index contributed by atoms with van der Waals surface area (Å²) in [6, 6.07) is 0. The minimum Gasteiger partial charge on any atom is -0.331 e. The molecule has 118 valence electrons. The van der Waals surface area contributed by atoms with Crippen molar-refractivity contribution in [3.8, 4) is 0 Å². The maximum Gasteiger partial charge on any atom is 0.112 e. The van der Waals surface area contributed by atoms with E-state index in [-0.39, 0.29) is 0 Å². The Kier molecular flexibility index (Phi) is 5.34. The van der Waals surface area contributed by atoms with Gasteiger partial charge in [-0.1, -0.05) is 45.4 Å². The average Bonchev–Trinajstić information content (AvgIpc) is 2.91. The van der Waals surface area contributed by atoms with Gasteiger partial charge in [0.25, 0.3) is 0 Å². The Morgan fingerprint density at radius 1 is 1.14 bits per heavy atom. The molecule has 21 heavy (non-hydrogen) atoms. The van der Waals surface area contributed by atoms with Gasteiger partial charge in [0.15, 0.2) is 0 Å². The second kappa shape index (κ2) is 7.44. The predicted molar refractivity (Wildman–Crippen MR) is 87.6 cm³/mol. The highest BCUT2D eigenvalue weighted by Gasteiger charge is 2.25. The zero-order valence-corrected chi connectivity index (χ0v) is 13.7. The van der Waals surface area contributed by atoms with Crippen LogP contribution in [0.3, 0.4) is 0 Å². The minimum atomic E-state index is 0.732. The van der Waals surface area contributed by atoms with Crippen molar-refractivity contribution in [2.75, 3.05) is 6.54 Å². The summed E-state index contributed by atoms with van der Waals surface area (Å²) in [6.45, 7) is 5.60. The number of fused-ring (bicyclic) bond motifs is 1. The molecule has 2 heterocycles. The Labute approximate surface area is 129 Å². The molecule has 3 nitrogen and oxygen atoms in total. The first kappa shape index (κ1) is 15.1. The molecule has 0 atom stereocenters. The first-order chi connectivity index (χ1) is 10.4. The van der Waals surface area contributed by atoms with E-state index in [2.05, 4.69) is 16.8 Å². The lowest BCUT2D eigenvalue weighted by atomic mass is 9.88. The first-order valence-electron chi connectivity index (χ1n) is 9.19. The third-order valence-corrected chi connectivity index (χ3v) is 5.22. The van der Waals surface area contributed by atoms with Crippen LogP contribution in [0.4, 0.5) is 0 Å². The molecule has 0 unspecified atom stereocenters. The molecule has 0 saturated heterocycles. The summed E-state index contributed by atoms with van der Waals surface area (Å²) in [7, 11) is 0. The van der Waals surface area contributed by atoms with Gasteiger partial charge in [0.1, 0.15) is 5.82 Å². The van der Waals surface area contributed by atoms with Crippen molar-refractivity contribution < 1.29 is 0 Å². The molecule has 0 amide bonds. The van der Waals surface area contributed by atoms with E-state index >= 15 is 0 Å². The van der Waals surface area contributed by atoms with Crippen molar-refractivity contribution in [2.45, 2.75) is 90.1 Å². The molecule has 0 bridgehead atoms. The molecule has 1 aromatic heterocycles. The standard InChI is InChI=1S/C18H31N3/c1-2-3-4-8-13-21-17-11-12-19-14-16(17)20-18(21)15-9-6-5-7-10-15/h15,19H,2-14H2,1H3. The number of hydrogen-bond donors (Lipinski definition) is 1. The summed E-state index contributed by atoms with van der Waals surface area (Å²) in [4.78, 5) is 5.07. The van der Waals surface area contributed by atoms with Crippen LogP contribution >= 0.6 is 0 Å². The van der Waals surface area contributed by atoms with Crippen LogP contribution in [0.2, 0.25) is 0 Å². The third-order valence-electron chi connectivity index (χ3n) is 5.22. The van der Waals surface area contributed by atoms with Crippen molar-refractivity contribution in [1.82, 2.24) is 14.9 Å². The molecule has 0 aromatic carbocycles. The molecule has 1 aliphatic carbocycles. The molecule has 1 aliphatic heterocycles. The van der Waals surface area contributed by atoms with E-state index in [1.54, 1.807) is 5.69 Å². The normalized spacial score (nSPS) is 19.7. The van der Waals surface area contributed by atoms with Gasteiger partial charge in [-0.05, 0) is 19.3 Å². The molecule has 3 heteroatoms. The van der Waals surface area contributed by atoms with Crippen molar-refractivity contribution in [3.05, 3.63) is 17.2 Å². The number of hydrogen-bond acceptors (Lipinski definition) is 2. The van der Waals surface area contributed by atoms with Crippen LogP contribution in [-0.4, -0.2) is 16.1 Å². The SMILES string of the molecule is CCCCCCn1c(C2CCCCC2)nc2c1CCNC2. The molecule has 1 aromatic rings. The molecule has 1 N–H and O–H groups in total. The highest BCUT2D eigenvalue weighted by molar-refractivity contribution is 5.22. The molecule has 3 rings (SSSR count). The fourth-order valence-corrected chi connectivity index (χ4v) is 4.01. The summed E-state index contributed by atoms with van der Waals surface area (Å²) < 4.78 is 2.63. The lowest BCUT2D eigenvalue weighted by Crippen LogP contribution is -2.25. The maximum absolute atomic E-state index is 5.07. The number of aromatic nitrogens is 2. The Morgan fingerprint density at radius 2 is 2.00 bits per heavy atom. The number of nitrogens with zero attached hydrogens (tertiary/aromatic N) is 2. The molecular weight excluding hydrogens is 258 g/mol. The van der Waals surface area contributed by atoms with Crippen LogP contribution in [0, 0.1) is 0 Å². The van der Waals surface area contributed by atoms with Crippen LogP contribution in [0.25, 0.3) is 0 Å². The third kappa shape index (κ3) is 3.50. The van der Waals surface area contributed by atoms with E-state index in [1.807, 2.05) is 0 Å². The second-order valence-electron chi connectivity index (χ2n) is 6.84. The highest BCUT2D eigenvalue weighted by atomic mass is 15.1. The van der Waals surface area contributed by atoms with Gasteiger partial charge in [-0.25, -0.2) is 4.98 Å². The van der Waals surface area contributed by atoms with Gasteiger partial charge in [-0.3, -0.25) is 0 Å². The number of imidazole rings is 1. The fraction of sp³-hybridized carbons (Fsp3) is 0.833. The van der Waals surface area contributed by atoms with E-state index in [0.717, 1.165) is 19.0 Å². The van der Waals surface area contributed by atoms with Crippen molar-refractivity contribution in [3.63, 3.8) is 0 Å². The summed E-state index contributed by atoms with van der Waals surface area (Å²) in [5.74, 6) is 2.16. The second-order valence-corrected chi connectivity index (χ2v) is 6.84. The first-order valence-corrected chi connectivity index (χ1v) is 9.19. The lowest BCUT2D eigenvalue weighted by Gasteiger charge is -2.23. The summed E-state index contributed by atoms with van der Waals surface area (Å²) in [5.41, 5.74) is 2.89. The van der Waals surface area contributed by atoms with E-state index < -0.39 is 0 Å². The van der Waals surface area contributed by atoms with Gasteiger partial charge < -0.3 is 9.88 Å². The maximum atomic E-state index is 5.07. The van der Waals surface area contributed by atoms with Crippen LogP contribution in [0.5, 0.6) is 0 Å². The summed E-state index contributed by atoms with van der Waals surface area (Å²) in [5, 5.41) is 3.48. The molecule has 0 radical (unpaired) electrons. The van der Waals surface area contributed by atoms with Crippen LogP contribution in [0.15, 0.2) is 0 Å². The molecule has 1 saturated carbocycles. The summed E-state index contributed by atoms with van der Waals surface area (Å²) >= 11 is 0. The van der Waals surface area contributed by atoms with E-state index in [1.165, 1.54) is 82.3 Å². The van der Waals surface area contributed by atoms with Gasteiger partial charge in [-0.2, -0.15) is 0 Å². The highest BCUT2D eigenvalue weighted by Crippen LogP contribution is 2.34. The van der Waals surface area contributed by atoms with Crippen LogP contribution in [-0.2, 0) is 19.5 Å². The van der Waals surface area contributed by atoms with Gasteiger partial charge >= 0.3 is 0 Å². The van der Waals surface area contributed by atoms with Gasteiger partial charge in [0.2, 0.25) is 0 Å². The predicted octanol–water partition coefficient (Wildman–Crippen LogP) is 4.16. The van der Waals surface area contributed by atoms with Crippen LogP contribution < -0.4 is 5.32 Å². The molecule has 2 aliphatic rings. The molecule has 0 spiro atoms. The lowest BCUT2D eigenvalue weighted by molar-refractivity contribution is 0.409. The Balaban J connectivity index is 1.77. The molecule has 1 fully saturated rings. The van der Waals surface area contributed by atoms with Gasteiger partial charge in [0.05, 0.1) is 5.69 Å². The van der Waals surface area contributed by atoms with Crippen molar-refractivity contribution in [1.29, 1.82) is 0 Å². The quantitative estimate of drug-likeness (QED) is 0.797. The zero-order valence-electron chi connectivity index (χ0n) is 13.7. The topological polar surface area (TPSA) is 29.9 Å². The zero-order chi connectivity index (χ0) is 14.5. The fourth-order valence-electron chi connectivity index (χ4n) is 4.01. The monoisotopic (exact) mass is 289 g/mol. The van der Waals surface area contributed by atoms with E-state index in [9.17, 15) is 0 Å². The van der Waals surface area contributed by atoms with Gasteiger partial charge in [-0.15, -0.1) is 0 Å². The van der Waals surface area contributed by atoms with E-state index in [0.29, 0.717) is 0 Å². The van der Waals surface area contributed by atoms with Gasteiger partial charge in [0, 0.05) is 37.7 Å². The van der Waals surface area contributed by atoms with Crippen molar-refractivity contribution >= 4 is 0 Å². The Morgan fingerprint density at radius 3 is 2.81 bits per heavy atom. The Bertz CT molecular complexity index is 444. The number of nitrogens with one attached hydrogen (secondary N) is 1. The number of rotatable bonds is 6. The Hall–Kier alpha value is -0.830. The molecular formula is C18H31N3. The van der Waals surface area contributed by atoms with Crippen molar-refractivity contribution in [2.24, 2.45) is 0 Å². The minimum absolute atomic E-state index is 0.732. The van der Waals surface area contributed by atoms with Crippen LogP contribution in [0.1, 0.15) is 87.8 Å². The largest absolute Gasteiger partial charge is 0.331 e. The van der Waals surface area contributed by atoms with E-state index in [4.69, 9.17) is 4.98 Å².